The van der Waals surface area contributed by atoms with Crippen LogP contribution in [-0.2, 0) is 19.1 Å². The maximum Gasteiger partial charge on any atom is 0.306 e. The molecule has 2 fully saturated rings. The third-order valence-corrected chi connectivity index (χ3v) is 5.12. The zero-order valence-corrected chi connectivity index (χ0v) is 15.4. The molecular weight excluding hydrogens is 332 g/mol. The highest BCUT2D eigenvalue weighted by molar-refractivity contribution is 5.95. The van der Waals surface area contributed by atoms with Gasteiger partial charge in [0.25, 0.3) is 5.91 Å². The molecule has 0 radical (unpaired) electrons. The number of amides is 1. The fourth-order valence-electron chi connectivity index (χ4n) is 3.57. The zero-order chi connectivity index (χ0) is 18.4. The van der Waals surface area contributed by atoms with Gasteiger partial charge in [-0.05, 0) is 49.9 Å². The quantitative estimate of drug-likeness (QED) is 0.790. The van der Waals surface area contributed by atoms with Crippen LogP contribution in [0, 0.1) is 5.92 Å². The summed E-state index contributed by atoms with van der Waals surface area (Å²) in [7, 11) is 0. The van der Waals surface area contributed by atoms with Crippen molar-refractivity contribution in [2.24, 2.45) is 5.92 Å². The molecule has 6 nitrogen and oxygen atoms in total. The van der Waals surface area contributed by atoms with Crippen molar-refractivity contribution < 1.29 is 19.1 Å². The summed E-state index contributed by atoms with van der Waals surface area (Å²) in [5.41, 5.74) is 1.81. The molecule has 1 heterocycles. The number of rotatable bonds is 6. The second-order valence-corrected chi connectivity index (χ2v) is 7.12. The Hall–Kier alpha value is -2.08. The highest BCUT2D eigenvalue weighted by Crippen LogP contribution is 2.28. The van der Waals surface area contributed by atoms with E-state index in [1.54, 1.807) is 6.92 Å². The summed E-state index contributed by atoms with van der Waals surface area (Å²) in [6.07, 6.45) is 4.19. The van der Waals surface area contributed by atoms with Crippen molar-refractivity contribution in [3.63, 3.8) is 0 Å². The topological polar surface area (TPSA) is 67.9 Å². The van der Waals surface area contributed by atoms with Gasteiger partial charge in [-0.1, -0.05) is 12.8 Å². The van der Waals surface area contributed by atoms with Crippen molar-refractivity contribution in [2.75, 3.05) is 36.5 Å². The summed E-state index contributed by atoms with van der Waals surface area (Å²) in [6.45, 7) is 4.84. The van der Waals surface area contributed by atoms with Crippen LogP contribution < -0.4 is 10.2 Å². The van der Waals surface area contributed by atoms with E-state index in [9.17, 15) is 9.59 Å². The van der Waals surface area contributed by atoms with Gasteiger partial charge >= 0.3 is 5.97 Å². The molecule has 6 heteroatoms. The second-order valence-electron chi connectivity index (χ2n) is 7.12. The van der Waals surface area contributed by atoms with E-state index in [2.05, 4.69) is 10.2 Å². The Morgan fingerprint density at radius 2 is 1.85 bits per heavy atom. The molecule has 1 saturated carbocycles. The number of morpholine rings is 1. The van der Waals surface area contributed by atoms with Crippen molar-refractivity contribution in [1.82, 2.24) is 0 Å². The molecule has 1 aromatic rings. The fourth-order valence-corrected chi connectivity index (χ4v) is 3.57. The molecule has 3 rings (SSSR count). The summed E-state index contributed by atoms with van der Waals surface area (Å²) in [5, 5.41) is 2.81. The lowest BCUT2D eigenvalue weighted by Gasteiger charge is -2.28. The molecule has 0 bridgehead atoms. The van der Waals surface area contributed by atoms with Crippen LogP contribution in [0.5, 0.6) is 0 Å². The lowest BCUT2D eigenvalue weighted by atomic mass is 10.0. The highest BCUT2D eigenvalue weighted by atomic mass is 16.5. The van der Waals surface area contributed by atoms with Crippen molar-refractivity contribution in [1.29, 1.82) is 0 Å². The summed E-state index contributed by atoms with van der Waals surface area (Å²) in [4.78, 5) is 26.5. The molecule has 2 aliphatic rings. The van der Waals surface area contributed by atoms with Crippen LogP contribution in [-0.4, -0.2) is 44.3 Å². The van der Waals surface area contributed by atoms with Crippen molar-refractivity contribution in [3.05, 3.63) is 24.3 Å². The molecule has 142 valence electrons. The first kappa shape index (κ1) is 18.7. The van der Waals surface area contributed by atoms with E-state index < -0.39 is 6.10 Å². The average Bonchev–Trinajstić information content (AvgIpc) is 3.16. The monoisotopic (exact) mass is 360 g/mol. The number of esters is 1. The molecule has 1 aliphatic heterocycles. The zero-order valence-electron chi connectivity index (χ0n) is 15.4. The molecule has 1 saturated heterocycles. The van der Waals surface area contributed by atoms with Crippen LogP contribution in [0.2, 0.25) is 0 Å². The van der Waals surface area contributed by atoms with Crippen LogP contribution in [0.4, 0.5) is 11.4 Å². The minimum absolute atomic E-state index is 0.276. The summed E-state index contributed by atoms with van der Waals surface area (Å²) in [5.74, 6) is -0.156. The normalized spacial score (nSPS) is 19.2. The number of carbonyl (C=O) groups excluding carboxylic acids is 2. The number of ether oxygens (including phenoxy) is 2. The molecule has 0 spiro atoms. The molecule has 1 atom stereocenters. The van der Waals surface area contributed by atoms with Gasteiger partial charge in [0.2, 0.25) is 0 Å². The summed E-state index contributed by atoms with van der Waals surface area (Å²) < 4.78 is 10.6. The van der Waals surface area contributed by atoms with Gasteiger partial charge in [-0.2, -0.15) is 0 Å². The Balaban J connectivity index is 1.46. The first-order valence-electron chi connectivity index (χ1n) is 9.55. The largest absolute Gasteiger partial charge is 0.453 e. The molecule has 1 aliphatic carbocycles. The predicted octanol–water partition coefficient (Wildman–Crippen LogP) is 2.97. The average molecular weight is 360 g/mol. The van der Waals surface area contributed by atoms with Gasteiger partial charge in [0.1, 0.15) is 0 Å². The van der Waals surface area contributed by atoms with E-state index in [1.165, 1.54) is 12.8 Å². The van der Waals surface area contributed by atoms with Crippen molar-refractivity contribution in [3.8, 4) is 0 Å². The van der Waals surface area contributed by atoms with E-state index in [-0.39, 0.29) is 11.9 Å². The Morgan fingerprint density at radius 3 is 2.50 bits per heavy atom. The van der Waals surface area contributed by atoms with Crippen LogP contribution in [0.25, 0.3) is 0 Å². The van der Waals surface area contributed by atoms with Gasteiger partial charge in [-0.25, -0.2) is 0 Å². The van der Waals surface area contributed by atoms with Gasteiger partial charge in [-0.15, -0.1) is 0 Å². The summed E-state index contributed by atoms with van der Waals surface area (Å²) >= 11 is 0. The number of carbonyl (C=O) groups is 2. The van der Waals surface area contributed by atoms with Crippen LogP contribution in [0.3, 0.4) is 0 Å². The molecule has 0 aromatic heterocycles. The molecule has 1 N–H and O–H groups in total. The first-order chi connectivity index (χ1) is 12.6. The van der Waals surface area contributed by atoms with Crippen molar-refractivity contribution in [2.45, 2.75) is 45.1 Å². The highest BCUT2D eigenvalue weighted by Gasteiger charge is 2.23. The number of hydrogen-bond acceptors (Lipinski definition) is 5. The number of nitrogens with zero attached hydrogens (tertiary/aromatic N) is 1. The SMILES string of the molecule is C[C@H](OC(=O)CC1CCCC1)C(=O)Nc1ccc(N2CCOCC2)cc1. The Morgan fingerprint density at radius 1 is 1.19 bits per heavy atom. The number of anilines is 2. The van der Waals surface area contributed by atoms with Gasteiger partial charge < -0.3 is 19.7 Å². The summed E-state index contributed by atoms with van der Waals surface area (Å²) in [6, 6.07) is 7.71. The third kappa shape index (κ3) is 5.21. The number of nitrogens with one attached hydrogen (secondary N) is 1. The van der Waals surface area contributed by atoms with E-state index in [4.69, 9.17) is 9.47 Å². The van der Waals surface area contributed by atoms with E-state index in [1.807, 2.05) is 24.3 Å². The van der Waals surface area contributed by atoms with E-state index in [0.29, 0.717) is 18.0 Å². The minimum Gasteiger partial charge on any atom is -0.453 e. The van der Waals surface area contributed by atoms with Crippen molar-refractivity contribution >= 4 is 23.3 Å². The molecular formula is C20H28N2O4. The standard InChI is InChI=1S/C20H28N2O4/c1-15(26-19(23)14-16-4-2-3-5-16)20(24)21-17-6-8-18(9-7-17)22-10-12-25-13-11-22/h6-9,15-16H,2-5,10-14H2,1H3,(H,21,24)/t15-/m0/s1. The Bertz CT molecular complexity index is 605. The minimum atomic E-state index is -0.789. The molecule has 1 amide bonds. The van der Waals surface area contributed by atoms with E-state index >= 15 is 0 Å². The lowest BCUT2D eigenvalue weighted by Crippen LogP contribution is -2.36. The smallest absolute Gasteiger partial charge is 0.306 e. The van der Waals surface area contributed by atoms with Gasteiger partial charge in [0.15, 0.2) is 6.10 Å². The Labute approximate surface area is 154 Å². The van der Waals surface area contributed by atoms with Crippen LogP contribution in [0.15, 0.2) is 24.3 Å². The Kier molecular flexibility index (Phi) is 6.50. The maximum absolute atomic E-state index is 12.3. The van der Waals surface area contributed by atoms with Gasteiger partial charge in [0.05, 0.1) is 13.2 Å². The maximum atomic E-state index is 12.3. The van der Waals surface area contributed by atoms with Gasteiger partial charge in [0, 0.05) is 30.9 Å². The number of benzene rings is 1. The van der Waals surface area contributed by atoms with Gasteiger partial charge in [-0.3, -0.25) is 9.59 Å². The fraction of sp³-hybridized carbons (Fsp3) is 0.600. The first-order valence-corrected chi connectivity index (χ1v) is 9.55. The van der Waals surface area contributed by atoms with E-state index in [0.717, 1.165) is 44.8 Å². The molecule has 26 heavy (non-hydrogen) atoms. The van der Waals surface area contributed by atoms with Crippen LogP contribution >= 0.6 is 0 Å². The van der Waals surface area contributed by atoms with Crippen LogP contribution in [0.1, 0.15) is 39.0 Å². The molecule has 0 unspecified atom stereocenters. The molecule has 1 aromatic carbocycles. The predicted molar refractivity (Wildman–Crippen MR) is 100 cm³/mol. The third-order valence-electron chi connectivity index (χ3n) is 5.12. The lowest BCUT2D eigenvalue weighted by molar-refractivity contribution is -0.154. The second kappa shape index (κ2) is 9.03. The number of hydrogen-bond donors (Lipinski definition) is 1.